The molecular formula is C58H70N14O6. The maximum Gasteiger partial charge on any atom is 0.333 e. The summed E-state index contributed by atoms with van der Waals surface area (Å²) in [6, 6.07) is 23.9. The summed E-state index contributed by atoms with van der Waals surface area (Å²) in [5.74, 6) is 1.34. The molecule has 78 heavy (non-hydrogen) atoms. The fraction of sp³-hybridized carbons (Fsp3) is 0.414. The first-order valence-electron chi connectivity index (χ1n) is 27.5. The Hall–Kier alpha value is -7.46. The van der Waals surface area contributed by atoms with Crippen molar-refractivity contribution in [2.45, 2.75) is 39.0 Å². The number of fused-ring (bicyclic) bond motifs is 6. The van der Waals surface area contributed by atoms with Crippen molar-refractivity contribution in [1.82, 2.24) is 60.9 Å². The highest BCUT2D eigenvalue weighted by atomic mass is 16.5. The Morgan fingerprint density at radius 2 is 1.00 bits per heavy atom. The number of piperazine rings is 2. The number of ketones is 2. The van der Waals surface area contributed by atoms with Crippen molar-refractivity contribution in [3.05, 3.63) is 107 Å². The van der Waals surface area contributed by atoms with Crippen LogP contribution in [0.3, 0.4) is 0 Å². The van der Waals surface area contributed by atoms with Crippen LogP contribution >= 0.6 is 0 Å². The average Bonchev–Trinajstić information content (AvgIpc) is 4.35. The van der Waals surface area contributed by atoms with E-state index in [-0.39, 0.29) is 23.6 Å². The zero-order valence-corrected chi connectivity index (χ0v) is 44.9. The second-order valence-electron chi connectivity index (χ2n) is 21.1. The molecule has 20 heteroatoms. The van der Waals surface area contributed by atoms with Gasteiger partial charge in [0.25, 0.3) is 0 Å². The number of ether oxygens (including phenoxy) is 2. The topological polar surface area (TPSA) is 212 Å². The molecule has 2 aliphatic carbocycles. The number of hydrazine groups is 2. The van der Waals surface area contributed by atoms with Gasteiger partial charge in [-0.05, 0) is 133 Å². The number of benzene rings is 4. The molecule has 12 rings (SSSR count). The molecule has 0 atom stereocenters. The lowest BCUT2D eigenvalue weighted by atomic mass is 10.0. The van der Waals surface area contributed by atoms with E-state index >= 15 is 0 Å². The van der Waals surface area contributed by atoms with Crippen LogP contribution in [0.25, 0.3) is 45.0 Å². The fourth-order valence-corrected chi connectivity index (χ4v) is 11.3. The van der Waals surface area contributed by atoms with Crippen LogP contribution in [0.4, 0.5) is 21.0 Å². The number of nitrogens with zero attached hydrogens (tertiary/aromatic N) is 8. The highest BCUT2D eigenvalue weighted by Crippen LogP contribution is 2.45. The number of urea groups is 2. The molecule has 6 heterocycles. The van der Waals surface area contributed by atoms with Crippen molar-refractivity contribution in [3.8, 4) is 56.5 Å². The molecule has 0 unspecified atom stereocenters. The number of aromatic amines is 2. The largest absolute Gasteiger partial charge is 0.492 e. The summed E-state index contributed by atoms with van der Waals surface area (Å²) in [5.41, 5.74) is 15.5. The van der Waals surface area contributed by atoms with Gasteiger partial charge in [-0.1, -0.05) is 30.7 Å². The van der Waals surface area contributed by atoms with Crippen LogP contribution in [0, 0.1) is 6.92 Å². The monoisotopic (exact) mass is 1060 g/mol. The molecule has 4 saturated heterocycles. The number of rotatable bonds is 14. The zero-order valence-electron chi connectivity index (χ0n) is 44.9. The van der Waals surface area contributed by atoms with Crippen molar-refractivity contribution >= 4 is 35.0 Å². The number of likely N-dealkylation sites (N-methyl/N-ethyl adjacent to an activating group) is 2. The third-order valence-electron chi connectivity index (χ3n) is 15.7. The Morgan fingerprint density at radius 1 is 0.538 bits per heavy atom. The molecule has 0 saturated carbocycles. The van der Waals surface area contributed by atoms with Gasteiger partial charge in [0.05, 0.1) is 45.0 Å². The summed E-state index contributed by atoms with van der Waals surface area (Å²) in [5, 5.41) is 24.7. The minimum Gasteiger partial charge on any atom is -0.492 e. The zero-order chi connectivity index (χ0) is 53.7. The predicted octanol–water partition coefficient (Wildman–Crippen LogP) is 6.79. The van der Waals surface area contributed by atoms with Crippen LogP contribution in [-0.2, 0) is 0 Å². The predicted molar refractivity (Wildman–Crippen MR) is 300 cm³/mol. The number of carbonyl (C=O) groups is 4. The molecule has 4 fully saturated rings. The number of anilines is 2. The maximum atomic E-state index is 13.7. The van der Waals surface area contributed by atoms with E-state index in [2.05, 4.69) is 75.6 Å². The van der Waals surface area contributed by atoms with Crippen molar-refractivity contribution < 1.29 is 28.7 Å². The van der Waals surface area contributed by atoms with E-state index in [9.17, 15) is 19.2 Å². The smallest absolute Gasteiger partial charge is 0.333 e. The summed E-state index contributed by atoms with van der Waals surface area (Å²) in [7, 11) is 4.13. The van der Waals surface area contributed by atoms with Gasteiger partial charge in [-0.2, -0.15) is 10.2 Å². The summed E-state index contributed by atoms with van der Waals surface area (Å²) in [6.07, 6.45) is 6.41. The number of nitrogens with one attached hydrogen (secondary N) is 6. The SMILES string of the molecule is CN1CCN(NC(=O)Nc2cccc3c2C(=O)c2c(-c4ccc(OCCN5CCCCC5)cc4)n[nH]c2-3)CC1.Cc1cc(-c2n[nH]c3c2C(=O)c2c(NC(=O)NN4CCN(C)CC4)cccc2-3)ccc1OCCN1CCCC1. The van der Waals surface area contributed by atoms with Gasteiger partial charge in [-0.15, -0.1) is 0 Å². The highest BCUT2D eigenvalue weighted by molar-refractivity contribution is 6.28. The van der Waals surface area contributed by atoms with E-state index in [1.54, 1.807) is 12.1 Å². The molecule has 4 aliphatic heterocycles. The molecule has 0 bridgehead atoms. The fourth-order valence-electron chi connectivity index (χ4n) is 11.3. The number of H-pyrrole nitrogens is 2. The normalized spacial score (nSPS) is 17.9. The summed E-state index contributed by atoms with van der Waals surface area (Å²) in [6.45, 7) is 16.3. The summed E-state index contributed by atoms with van der Waals surface area (Å²) >= 11 is 0. The second-order valence-corrected chi connectivity index (χ2v) is 21.1. The van der Waals surface area contributed by atoms with Crippen LogP contribution in [0.1, 0.15) is 69.5 Å². The maximum absolute atomic E-state index is 13.7. The molecule has 2 aromatic heterocycles. The number of aryl methyl sites for hydroxylation is 1. The van der Waals surface area contributed by atoms with E-state index in [0.717, 1.165) is 131 Å². The Labute approximate surface area is 454 Å². The van der Waals surface area contributed by atoms with Gasteiger partial charge in [0.15, 0.2) is 11.6 Å². The molecule has 4 aromatic carbocycles. The quantitative estimate of drug-likeness (QED) is 0.0663. The molecule has 0 spiro atoms. The average molecular weight is 1060 g/mol. The minimum atomic E-state index is -0.356. The van der Waals surface area contributed by atoms with Crippen LogP contribution in [-0.4, -0.2) is 193 Å². The van der Waals surface area contributed by atoms with E-state index in [4.69, 9.17) is 9.47 Å². The minimum absolute atomic E-state index is 0.150. The van der Waals surface area contributed by atoms with Gasteiger partial charge in [0, 0.05) is 87.7 Å². The van der Waals surface area contributed by atoms with Gasteiger partial charge in [0.2, 0.25) is 0 Å². The van der Waals surface area contributed by atoms with Crippen LogP contribution in [0.5, 0.6) is 11.5 Å². The number of hydrogen-bond acceptors (Lipinski definition) is 14. The van der Waals surface area contributed by atoms with E-state index < -0.39 is 0 Å². The Morgan fingerprint density at radius 3 is 1.50 bits per heavy atom. The Balaban J connectivity index is 0.000000165. The summed E-state index contributed by atoms with van der Waals surface area (Å²) < 4.78 is 12.0. The first kappa shape index (κ1) is 52.6. The lowest BCUT2D eigenvalue weighted by Crippen LogP contribution is -2.53. The third-order valence-corrected chi connectivity index (χ3v) is 15.7. The molecule has 6 aliphatic rings. The molecule has 6 N–H and O–H groups in total. The molecule has 408 valence electrons. The lowest BCUT2D eigenvalue weighted by molar-refractivity contribution is 0.103. The number of aromatic nitrogens is 4. The number of likely N-dealkylation sites (tertiary alicyclic amines) is 2. The highest BCUT2D eigenvalue weighted by Gasteiger charge is 2.37. The third kappa shape index (κ3) is 11.5. The number of hydrogen-bond donors (Lipinski definition) is 6. The Bertz CT molecular complexity index is 3150. The molecular weight excluding hydrogens is 989 g/mol. The van der Waals surface area contributed by atoms with Crippen molar-refractivity contribution in [1.29, 1.82) is 0 Å². The van der Waals surface area contributed by atoms with Gasteiger partial charge in [0.1, 0.15) is 36.1 Å². The van der Waals surface area contributed by atoms with E-state index in [1.807, 2.05) is 83.7 Å². The first-order valence-corrected chi connectivity index (χ1v) is 27.5. The number of carbonyl (C=O) groups excluding carboxylic acids is 4. The van der Waals surface area contributed by atoms with Crippen molar-refractivity contribution in [2.24, 2.45) is 0 Å². The molecule has 6 aromatic rings. The van der Waals surface area contributed by atoms with Crippen LogP contribution < -0.4 is 31.0 Å². The molecule has 0 radical (unpaired) electrons. The van der Waals surface area contributed by atoms with Crippen LogP contribution in [0.15, 0.2) is 78.9 Å². The van der Waals surface area contributed by atoms with Crippen molar-refractivity contribution in [3.63, 3.8) is 0 Å². The molecule has 4 amide bonds. The van der Waals surface area contributed by atoms with Crippen molar-refractivity contribution in [2.75, 3.05) is 130 Å². The molecule has 20 nitrogen and oxygen atoms in total. The number of piperidine rings is 1. The van der Waals surface area contributed by atoms with Gasteiger partial charge in [-0.25, -0.2) is 19.6 Å². The first-order chi connectivity index (χ1) is 38.0. The van der Waals surface area contributed by atoms with Crippen LogP contribution in [0.2, 0.25) is 0 Å². The summed E-state index contributed by atoms with van der Waals surface area (Å²) in [4.78, 5) is 62.2. The van der Waals surface area contributed by atoms with Gasteiger partial charge >= 0.3 is 12.1 Å². The second kappa shape index (κ2) is 23.6. The van der Waals surface area contributed by atoms with Gasteiger partial charge in [-0.3, -0.25) is 40.4 Å². The number of amides is 4. The van der Waals surface area contributed by atoms with Gasteiger partial charge < -0.3 is 29.9 Å². The van der Waals surface area contributed by atoms with E-state index in [0.29, 0.717) is 69.6 Å². The Kier molecular flexibility index (Phi) is 15.9. The standard InChI is InChI=1S/2C29H35N7O3/c1-19-18-20(8-9-23(19)39-17-16-35-10-3-4-11-35)26-25-27(32-31-26)21-6-5-7-22(24(21)28(25)37)30-29(38)33-36-14-12-34(2)13-15-36;1-34-14-16-36(17-15-34)33-29(38)30-23-7-5-6-22-24(23)28(37)25-26(31-32-27(22)25)20-8-10-21(11-9-20)39-19-18-35-12-3-2-4-13-35/h5-9,18H,3-4,10-17H2,1-2H3,(H,31,32)(H2,30,33,38);5-11H,2-4,12-19H2,1H3,(H,31,32)(H2,30,33,38). The van der Waals surface area contributed by atoms with E-state index in [1.165, 1.54) is 32.1 Å². The lowest BCUT2D eigenvalue weighted by Gasteiger charge is -2.32.